The van der Waals surface area contributed by atoms with Crippen molar-refractivity contribution in [3.05, 3.63) is 22.7 Å². The van der Waals surface area contributed by atoms with Crippen LogP contribution >= 0.6 is 11.6 Å². The van der Waals surface area contributed by atoms with Gasteiger partial charge in [-0.25, -0.2) is 0 Å². The number of nitrogens with two attached hydrogens (primary N) is 1. The number of hydrogen-bond acceptors (Lipinski definition) is 2. The van der Waals surface area contributed by atoms with Crippen LogP contribution in [0.2, 0.25) is 5.02 Å². The molecule has 0 saturated carbocycles. The van der Waals surface area contributed by atoms with E-state index in [9.17, 15) is 0 Å². The molecule has 0 aliphatic rings. The lowest BCUT2D eigenvalue weighted by Gasteiger charge is -2.06. The summed E-state index contributed by atoms with van der Waals surface area (Å²) < 4.78 is 5.04. The standard InChI is InChI=1S/C8H10ClNO/c1-5-3-6(9)7(10)4-8(5)11-2/h3-4H,10H2,1-2H3. The van der Waals surface area contributed by atoms with Gasteiger partial charge in [-0.05, 0) is 18.6 Å². The minimum Gasteiger partial charge on any atom is -0.496 e. The Morgan fingerprint density at radius 2 is 2.09 bits per heavy atom. The van der Waals surface area contributed by atoms with E-state index >= 15 is 0 Å². The number of halogens is 1. The Kier molecular flexibility index (Phi) is 2.25. The van der Waals surface area contributed by atoms with Crippen LogP contribution in [0.3, 0.4) is 0 Å². The Morgan fingerprint density at radius 3 is 2.64 bits per heavy atom. The summed E-state index contributed by atoms with van der Waals surface area (Å²) in [6, 6.07) is 3.51. The van der Waals surface area contributed by atoms with E-state index in [-0.39, 0.29) is 0 Å². The SMILES string of the molecule is COc1cc(N)c(Cl)cc1C. The van der Waals surface area contributed by atoms with Crippen LogP contribution in [0.5, 0.6) is 5.75 Å². The van der Waals surface area contributed by atoms with Crippen LogP contribution in [-0.4, -0.2) is 7.11 Å². The molecule has 0 heterocycles. The molecule has 60 valence electrons. The molecule has 0 saturated heterocycles. The molecule has 11 heavy (non-hydrogen) atoms. The smallest absolute Gasteiger partial charge is 0.123 e. The first-order chi connectivity index (χ1) is 5.15. The number of aryl methyl sites for hydroxylation is 1. The van der Waals surface area contributed by atoms with E-state index in [1.165, 1.54) is 0 Å². The number of anilines is 1. The predicted molar refractivity (Wildman–Crippen MR) is 47.2 cm³/mol. The Hall–Kier alpha value is -0.890. The molecule has 0 amide bonds. The molecule has 1 aromatic carbocycles. The van der Waals surface area contributed by atoms with E-state index in [1.54, 1.807) is 19.2 Å². The topological polar surface area (TPSA) is 35.2 Å². The van der Waals surface area contributed by atoms with Crippen LogP contribution in [0.1, 0.15) is 5.56 Å². The number of ether oxygens (including phenoxy) is 1. The van der Waals surface area contributed by atoms with Gasteiger partial charge in [-0.3, -0.25) is 0 Å². The van der Waals surface area contributed by atoms with E-state index in [2.05, 4.69) is 0 Å². The number of rotatable bonds is 1. The molecule has 1 rings (SSSR count). The van der Waals surface area contributed by atoms with E-state index in [1.807, 2.05) is 6.92 Å². The van der Waals surface area contributed by atoms with Gasteiger partial charge < -0.3 is 10.5 Å². The molecule has 0 spiro atoms. The quantitative estimate of drug-likeness (QED) is 0.658. The molecule has 0 aromatic heterocycles. The highest BCUT2D eigenvalue weighted by atomic mass is 35.5. The molecule has 1 aromatic rings. The number of nitrogen functional groups attached to an aromatic ring is 1. The van der Waals surface area contributed by atoms with Gasteiger partial charge in [0, 0.05) is 6.07 Å². The van der Waals surface area contributed by atoms with Crippen molar-refractivity contribution in [1.82, 2.24) is 0 Å². The first-order valence-corrected chi connectivity index (χ1v) is 3.62. The Morgan fingerprint density at radius 1 is 1.45 bits per heavy atom. The lowest BCUT2D eigenvalue weighted by Crippen LogP contribution is -1.91. The molecule has 0 unspecified atom stereocenters. The van der Waals surface area contributed by atoms with Gasteiger partial charge in [0.15, 0.2) is 0 Å². The summed E-state index contributed by atoms with van der Waals surface area (Å²) in [6.45, 7) is 1.92. The van der Waals surface area contributed by atoms with Gasteiger partial charge in [0.25, 0.3) is 0 Å². The molecular weight excluding hydrogens is 162 g/mol. The maximum absolute atomic E-state index is 5.76. The van der Waals surface area contributed by atoms with Crippen molar-refractivity contribution in [3.63, 3.8) is 0 Å². The molecule has 0 fully saturated rings. The fraction of sp³-hybridized carbons (Fsp3) is 0.250. The van der Waals surface area contributed by atoms with Gasteiger partial charge in [-0.2, -0.15) is 0 Å². The third-order valence-electron chi connectivity index (χ3n) is 1.51. The van der Waals surface area contributed by atoms with Crippen LogP contribution in [0.15, 0.2) is 12.1 Å². The lowest BCUT2D eigenvalue weighted by atomic mass is 10.2. The van der Waals surface area contributed by atoms with Crippen molar-refractivity contribution in [2.45, 2.75) is 6.92 Å². The third-order valence-corrected chi connectivity index (χ3v) is 1.84. The van der Waals surface area contributed by atoms with Crippen molar-refractivity contribution in [1.29, 1.82) is 0 Å². The highest BCUT2D eigenvalue weighted by molar-refractivity contribution is 6.33. The average molecular weight is 172 g/mol. The second-order valence-electron chi connectivity index (χ2n) is 2.34. The third kappa shape index (κ3) is 1.57. The zero-order valence-corrected chi connectivity index (χ0v) is 7.27. The first-order valence-electron chi connectivity index (χ1n) is 3.24. The summed E-state index contributed by atoms with van der Waals surface area (Å²) in [4.78, 5) is 0. The van der Waals surface area contributed by atoms with Gasteiger partial charge in [0.05, 0.1) is 17.8 Å². The highest BCUT2D eigenvalue weighted by Crippen LogP contribution is 2.27. The molecule has 2 nitrogen and oxygen atoms in total. The lowest BCUT2D eigenvalue weighted by molar-refractivity contribution is 0.412. The molecule has 0 bridgehead atoms. The van der Waals surface area contributed by atoms with Crippen molar-refractivity contribution < 1.29 is 4.74 Å². The Balaban J connectivity index is 3.21. The first kappa shape index (κ1) is 8.21. The van der Waals surface area contributed by atoms with Crippen molar-refractivity contribution in [3.8, 4) is 5.75 Å². The van der Waals surface area contributed by atoms with Gasteiger partial charge in [-0.1, -0.05) is 11.6 Å². The van der Waals surface area contributed by atoms with Crippen LogP contribution in [0, 0.1) is 6.92 Å². The molecule has 0 aliphatic carbocycles. The normalized spacial score (nSPS) is 9.73. The van der Waals surface area contributed by atoms with Crippen LogP contribution in [0.25, 0.3) is 0 Å². The number of benzene rings is 1. The highest BCUT2D eigenvalue weighted by Gasteiger charge is 2.01. The fourth-order valence-electron chi connectivity index (χ4n) is 0.888. The minimum atomic E-state index is 0.550. The summed E-state index contributed by atoms with van der Waals surface area (Å²) in [5, 5.41) is 0.573. The van der Waals surface area contributed by atoms with Crippen LogP contribution in [-0.2, 0) is 0 Å². The number of hydrogen-bond donors (Lipinski definition) is 1. The molecule has 0 radical (unpaired) electrons. The zero-order chi connectivity index (χ0) is 8.43. The molecular formula is C8H10ClNO. The van der Waals surface area contributed by atoms with Crippen LogP contribution in [0.4, 0.5) is 5.69 Å². The second kappa shape index (κ2) is 3.01. The minimum absolute atomic E-state index is 0.550. The van der Waals surface area contributed by atoms with Crippen molar-refractivity contribution in [2.75, 3.05) is 12.8 Å². The zero-order valence-electron chi connectivity index (χ0n) is 6.52. The maximum atomic E-state index is 5.76. The van der Waals surface area contributed by atoms with Crippen molar-refractivity contribution >= 4 is 17.3 Å². The van der Waals surface area contributed by atoms with Gasteiger partial charge in [-0.15, -0.1) is 0 Å². The van der Waals surface area contributed by atoms with E-state index in [0.717, 1.165) is 11.3 Å². The fourth-order valence-corrected chi connectivity index (χ4v) is 1.11. The largest absolute Gasteiger partial charge is 0.496 e. The molecule has 2 N–H and O–H groups in total. The Bertz CT molecular complexity index is 273. The van der Waals surface area contributed by atoms with E-state index in [4.69, 9.17) is 22.1 Å². The van der Waals surface area contributed by atoms with Crippen molar-refractivity contribution in [2.24, 2.45) is 0 Å². The molecule has 0 atom stereocenters. The average Bonchev–Trinajstić information content (AvgIpc) is 1.97. The monoisotopic (exact) mass is 171 g/mol. The summed E-state index contributed by atoms with van der Waals surface area (Å²) in [6.07, 6.45) is 0. The van der Waals surface area contributed by atoms with E-state index < -0.39 is 0 Å². The number of methoxy groups -OCH3 is 1. The summed E-state index contributed by atoms with van der Waals surface area (Å²) in [5.74, 6) is 0.770. The van der Waals surface area contributed by atoms with E-state index in [0.29, 0.717) is 10.7 Å². The second-order valence-corrected chi connectivity index (χ2v) is 2.75. The maximum Gasteiger partial charge on any atom is 0.123 e. The predicted octanol–water partition coefficient (Wildman–Crippen LogP) is 2.24. The molecule has 3 heteroatoms. The van der Waals surface area contributed by atoms with Gasteiger partial charge in [0.2, 0.25) is 0 Å². The Labute approximate surface area is 70.9 Å². The summed E-state index contributed by atoms with van der Waals surface area (Å²) >= 11 is 5.76. The van der Waals surface area contributed by atoms with Gasteiger partial charge >= 0.3 is 0 Å². The summed E-state index contributed by atoms with van der Waals surface area (Å²) in [5.41, 5.74) is 7.10. The summed E-state index contributed by atoms with van der Waals surface area (Å²) in [7, 11) is 1.61. The molecule has 0 aliphatic heterocycles. The van der Waals surface area contributed by atoms with Gasteiger partial charge in [0.1, 0.15) is 5.75 Å². The van der Waals surface area contributed by atoms with Crippen LogP contribution < -0.4 is 10.5 Å².